The highest BCUT2D eigenvalue weighted by Gasteiger charge is 2.17. The minimum absolute atomic E-state index is 0.649. The molecule has 2 aromatic heterocycles. The standard InChI is InChI=1S/C49H32N2OS/c1-4-12-33(13-5-1)35-22-26-39(27-23-35)51(41-19-10-18-38(30-41)34-14-6-2-7-15-34)40-28-24-36(25-29-40)42-20-11-21-43-44-31-46-45(32-47(44)53-48(42)43)50-49(52-46)37-16-8-3-9-17-37/h1-32H. The third kappa shape index (κ3) is 5.76. The summed E-state index contributed by atoms with van der Waals surface area (Å²) in [6.07, 6.45) is 0. The number of nitrogens with zero attached hydrogens (tertiary/aromatic N) is 2. The molecule has 3 nitrogen and oxygen atoms in total. The fraction of sp³-hybridized carbons (Fsp3) is 0. The lowest BCUT2D eigenvalue weighted by Crippen LogP contribution is -2.10. The molecule has 0 amide bonds. The third-order valence-corrected chi connectivity index (χ3v) is 11.1. The molecule has 10 aromatic rings. The lowest BCUT2D eigenvalue weighted by atomic mass is 10.0. The Bertz CT molecular complexity index is 2860. The second-order valence-corrected chi connectivity index (χ2v) is 14.2. The Morgan fingerprint density at radius 3 is 1.66 bits per heavy atom. The van der Waals surface area contributed by atoms with Crippen molar-refractivity contribution in [1.29, 1.82) is 0 Å². The van der Waals surface area contributed by atoms with Gasteiger partial charge in [0.1, 0.15) is 5.52 Å². The molecule has 0 saturated heterocycles. The van der Waals surface area contributed by atoms with E-state index in [1.807, 2.05) is 41.7 Å². The van der Waals surface area contributed by atoms with E-state index in [0.29, 0.717) is 5.89 Å². The van der Waals surface area contributed by atoms with Gasteiger partial charge >= 0.3 is 0 Å². The number of benzene rings is 8. The first-order chi connectivity index (χ1) is 26.2. The van der Waals surface area contributed by atoms with Crippen molar-refractivity contribution in [1.82, 2.24) is 4.98 Å². The average Bonchev–Trinajstić information content (AvgIpc) is 3.82. The van der Waals surface area contributed by atoms with Gasteiger partial charge in [0.05, 0.1) is 0 Å². The molecule has 2 heterocycles. The van der Waals surface area contributed by atoms with Crippen LogP contribution in [0, 0.1) is 0 Å². The lowest BCUT2D eigenvalue weighted by Gasteiger charge is -2.26. The van der Waals surface area contributed by atoms with E-state index in [9.17, 15) is 0 Å². The second-order valence-electron chi connectivity index (χ2n) is 13.2. The molecule has 4 heteroatoms. The largest absolute Gasteiger partial charge is 0.436 e. The Hall–Kier alpha value is -6.75. The summed E-state index contributed by atoms with van der Waals surface area (Å²) in [5, 5.41) is 2.42. The topological polar surface area (TPSA) is 29.3 Å². The van der Waals surface area contributed by atoms with Crippen molar-refractivity contribution in [2.45, 2.75) is 0 Å². The maximum Gasteiger partial charge on any atom is 0.227 e. The van der Waals surface area contributed by atoms with Gasteiger partial charge in [-0.1, -0.05) is 133 Å². The molecule has 0 saturated carbocycles. The normalized spacial score (nSPS) is 11.4. The van der Waals surface area contributed by atoms with Gasteiger partial charge in [-0.2, -0.15) is 0 Å². The van der Waals surface area contributed by atoms with Crippen molar-refractivity contribution in [3.8, 4) is 44.8 Å². The molecule has 53 heavy (non-hydrogen) atoms. The molecule has 0 N–H and O–H groups in total. The van der Waals surface area contributed by atoms with Gasteiger partial charge < -0.3 is 9.32 Å². The smallest absolute Gasteiger partial charge is 0.227 e. The molecule has 0 unspecified atom stereocenters. The Labute approximate surface area is 311 Å². The molecule has 0 atom stereocenters. The van der Waals surface area contributed by atoms with Crippen LogP contribution in [0.2, 0.25) is 0 Å². The molecule has 10 rings (SSSR count). The van der Waals surface area contributed by atoms with E-state index >= 15 is 0 Å². The van der Waals surface area contributed by atoms with Gasteiger partial charge in [0.15, 0.2) is 5.58 Å². The van der Waals surface area contributed by atoms with Gasteiger partial charge in [0.25, 0.3) is 0 Å². The summed E-state index contributed by atoms with van der Waals surface area (Å²) in [7, 11) is 0. The summed E-state index contributed by atoms with van der Waals surface area (Å²) in [6.45, 7) is 0. The first-order valence-electron chi connectivity index (χ1n) is 17.8. The Kier molecular flexibility index (Phi) is 7.67. The Balaban J connectivity index is 1.04. The zero-order chi connectivity index (χ0) is 35.1. The number of anilines is 3. The van der Waals surface area contributed by atoms with Crippen LogP contribution in [0.4, 0.5) is 17.1 Å². The summed E-state index contributed by atoms with van der Waals surface area (Å²) in [5.41, 5.74) is 13.1. The predicted molar refractivity (Wildman–Crippen MR) is 223 cm³/mol. The van der Waals surface area contributed by atoms with Crippen LogP contribution in [0.1, 0.15) is 0 Å². The van der Waals surface area contributed by atoms with Gasteiger partial charge in [0, 0.05) is 42.8 Å². The minimum atomic E-state index is 0.649. The van der Waals surface area contributed by atoms with Crippen molar-refractivity contribution in [2.75, 3.05) is 4.90 Å². The molecule has 0 spiro atoms. The summed E-state index contributed by atoms with van der Waals surface area (Å²) in [4.78, 5) is 7.18. The van der Waals surface area contributed by atoms with E-state index < -0.39 is 0 Å². The van der Waals surface area contributed by atoms with Gasteiger partial charge in [-0.05, 0) is 94.0 Å². The number of oxazole rings is 1. The fourth-order valence-electron chi connectivity index (χ4n) is 7.28. The number of thiophene rings is 1. The zero-order valence-corrected chi connectivity index (χ0v) is 29.5. The second kappa shape index (κ2) is 13.1. The number of fused-ring (bicyclic) bond motifs is 4. The van der Waals surface area contributed by atoms with Crippen LogP contribution in [0.15, 0.2) is 199 Å². The zero-order valence-electron chi connectivity index (χ0n) is 28.7. The highest BCUT2D eigenvalue weighted by molar-refractivity contribution is 7.26. The maximum atomic E-state index is 6.25. The predicted octanol–water partition coefficient (Wildman–Crippen LogP) is 14.3. The van der Waals surface area contributed by atoms with E-state index in [0.717, 1.165) is 33.7 Å². The fourth-order valence-corrected chi connectivity index (χ4v) is 8.53. The summed E-state index contributed by atoms with van der Waals surface area (Å²) >= 11 is 1.81. The molecule has 0 aliphatic carbocycles. The monoisotopic (exact) mass is 696 g/mol. The first kappa shape index (κ1) is 31.0. The SMILES string of the molecule is c1ccc(-c2ccc(N(c3ccc(-c4cccc5c4sc4cc6nc(-c7ccccc7)oc6cc45)cc3)c3cccc(-c4ccccc4)c3)cc2)cc1. The van der Waals surface area contributed by atoms with Crippen molar-refractivity contribution in [3.05, 3.63) is 194 Å². The quantitative estimate of drug-likeness (QED) is 0.166. The molecular formula is C49H32N2OS. The van der Waals surface area contributed by atoms with Crippen LogP contribution in [0.5, 0.6) is 0 Å². The molecule has 250 valence electrons. The van der Waals surface area contributed by atoms with Gasteiger partial charge in [0.2, 0.25) is 5.89 Å². The Morgan fingerprint density at radius 2 is 0.981 bits per heavy atom. The van der Waals surface area contributed by atoms with Crippen LogP contribution in [0.25, 0.3) is 76.1 Å². The van der Waals surface area contributed by atoms with E-state index in [1.165, 1.54) is 53.6 Å². The van der Waals surface area contributed by atoms with Crippen molar-refractivity contribution >= 4 is 59.7 Å². The number of rotatable bonds is 7. The van der Waals surface area contributed by atoms with E-state index in [1.54, 1.807) is 0 Å². The lowest BCUT2D eigenvalue weighted by molar-refractivity contribution is 0.620. The number of hydrogen-bond donors (Lipinski definition) is 0. The number of hydrogen-bond acceptors (Lipinski definition) is 4. The van der Waals surface area contributed by atoms with Gasteiger partial charge in [-0.15, -0.1) is 11.3 Å². The molecule has 0 radical (unpaired) electrons. The summed E-state index contributed by atoms with van der Waals surface area (Å²) in [5.74, 6) is 0.649. The number of aromatic nitrogens is 1. The molecule has 0 aliphatic heterocycles. The first-order valence-corrected chi connectivity index (χ1v) is 18.6. The third-order valence-electron chi connectivity index (χ3n) is 9.91. The molecule has 0 aliphatic rings. The minimum Gasteiger partial charge on any atom is -0.436 e. The van der Waals surface area contributed by atoms with Crippen LogP contribution in [-0.2, 0) is 0 Å². The van der Waals surface area contributed by atoms with E-state index in [2.05, 4.69) is 169 Å². The molecule has 0 bridgehead atoms. The maximum absolute atomic E-state index is 6.25. The summed E-state index contributed by atoms with van der Waals surface area (Å²) < 4.78 is 8.72. The molecule has 0 fully saturated rings. The summed E-state index contributed by atoms with van der Waals surface area (Å²) in [6, 6.07) is 68.8. The van der Waals surface area contributed by atoms with Crippen molar-refractivity contribution in [2.24, 2.45) is 0 Å². The van der Waals surface area contributed by atoms with E-state index in [4.69, 9.17) is 9.40 Å². The highest BCUT2D eigenvalue weighted by atomic mass is 32.1. The molecular weight excluding hydrogens is 665 g/mol. The highest BCUT2D eigenvalue weighted by Crippen LogP contribution is 2.43. The Morgan fingerprint density at radius 1 is 0.415 bits per heavy atom. The van der Waals surface area contributed by atoms with E-state index in [-0.39, 0.29) is 0 Å². The van der Waals surface area contributed by atoms with Crippen LogP contribution < -0.4 is 4.90 Å². The average molecular weight is 697 g/mol. The van der Waals surface area contributed by atoms with Gasteiger partial charge in [-0.3, -0.25) is 0 Å². The van der Waals surface area contributed by atoms with Crippen molar-refractivity contribution < 1.29 is 4.42 Å². The van der Waals surface area contributed by atoms with Crippen LogP contribution in [0.3, 0.4) is 0 Å². The molecule has 8 aromatic carbocycles. The van der Waals surface area contributed by atoms with Crippen LogP contribution in [-0.4, -0.2) is 4.98 Å². The van der Waals surface area contributed by atoms with Crippen LogP contribution >= 0.6 is 11.3 Å². The van der Waals surface area contributed by atoms with Gasteiger partial charge in [-0.25, -0.2) is 4.98 Å². The van der Waals surface area contributed by atoms with Crippen molar-refractivity contribution in [3.63, 3.8) is 0 Å².